The Morgan fingerprint density at radius 1 is 1.43 bits per heavy atom. The lowest BCUT2D eigenvalue weighted by Gasteiger charge is -2.06. The Balaban J connectivity index is 2.13. The predicted molar refractivity (Wildman–Crippen MR) is 74.2 cm³/mol. The van der Waals surface area contributed by atoms with Crippen molar-refractivity contribution in [3.63, 3.8) is 0 Å². The minimum atomic E-state index is -1.07. The minimum Gasteiger partial charge on any atom is -0.476 e. The monoisotopic (exact) mass is 307 g/mol. The van der Waals surface area contributed by atoms with Gasteiger partial charge in [-0.3, -0.25) is 10.1 Å². The van der Waals surface area contributed by atoms with E-state index in [0.29, 0.717) is 12.1 Å². The second-order valence-corrected chi connectivity index (χ2v) is 5.14. The Morgan fingerprint density at radius 3 is 2.81 bits per heavy atom. The van der Waals surface area contributed by atoms with Crippen molar-refractivity contribution in [2.24, 2.45) is 0 Å². The lowest BCUT2D eigenvalue weighted by molar-refractivity contribution is -0.384. The van der Waals surface area contributed by atoms with Crippen molar-refractivity contribution < 1.29 is 14.8 Å². The van der Waals surface area contributed by atoms with E-state index in [1.165, 1.54) is 22.9 Å². The van der Waals surface area contributed by atoms with E-state index in [4.69, 9.17) is 11.6 Å². The van der Waals surface area contributed by atoms with Crippen LogP contribution in [0.5, 0.6) is 0 Å². The third kappa shape index (κ3) is 2.15. The number of nitro groups is 1. The molecule has 0 aliphatic heterocycles. The molecule has 1 aromatic carbocycles. The zero-order chi connectivity index (χ0) is 15.1. The molecule has 0 saturated heterocycles. The fraction of sp³-hybridized carbons (Fsp3) is 0.231. The molecule has 1 aromatic heterocycles. The van der Waals surface area contributed by atoms with Crippen LogP contribution in [0.1, 0.15) is 28.2 Å². The van der Waals surface area contributed by atoms with Gasteiger partial charge >= 0.3 is 5.97 Å². The van der Waals surface area contributed by atoms with Crippen molar-refractivity contribution in [2.45, 2.75) is 19.3 Å². The van der Waals surface area contributed by atoms with Gasteiger partial charge in [0.25, 0.3) is 5.69 Å². The molecule has 0 atom stereocenters. The SMILES string of the molecule is O=C(O)c1nn(-c2ccc([N+](=O)[O-])c(Cl)c2)c2c1CCC2. The number of halogens is 1. The molecular weight excluding hydrogens is 298 g/mol. The molecule has 1 N–H and O–H groups in total. The Morgan fingerprint density at radius 2 is 2.19 bits per heavy atom. The number of carbonyl (C=O) groups is 1. The minimum absolute atomic E-state index is 0.00313. The van der Waals surface area contributed by atoms with Gasteiger partial charge in [-0.2, -0.15) is 5.10 Å². The summed E-state index contributed by atoms with van der Waals surface area (Å²) in [5, 5.41) is 24.1. The molecule has 0 spiro atoms. The number of aromatic carboxylic acids is 1. The van der Waals surface area contributed by atoms with Crippen molar-refractivity contribution in [2.75, 3.05) is 0 Å². The molecule has 0 amide bonds. The van der Waals surface area contributed by atoms with Crippen molar-refractivity contribution in [3.05, 3.63) is 50.3 Å². The van der Waals surface area contributed by atoms with E-state index in [-0.39, 0.29) is 16.4 Å². The van der Waals surface area contributed by atoms with Crippen LogP contribution >= 0.6 is 11.6 Å². The quantitative estimate of drug-likeness (QED) is 0.694. The third-order valence-electron chi connectivity index (χ3n) is 3.51. The number of carboxylic acid groups (broad SMARTS) is 1. The maximum atomic E-state index is 11.2. The number of benzene rings is 1. The molecule has 8 heteroatoms. The van der Waals surface area contributed by atoms with Gasteiger partial charge in [-0.15, -0.1) is 0 Å². The summed E-state index contributed by atoms with van der Waals surface area (Å²) in [6.07, 6.45) is 2.27. The van der Waals surface area contributed by atoms with Crippen LogP contribution in [0, 0.1) is 10.1 Å². The summed E-state index contributed by atoms with van der Waals surface area (Å²) in [7, 11) is 0. The van der Waals surface area contributed by atoms with Gasteiger partial charge in [0, 0.05) is 17.3 Å². The number of aromatic nitrogens is 2. The molecule has 3 rings (SSSR count). The Bertz CT molecular complexity index is 769. The van der Waals surface area contributed by atoms with Gasteiger partial charge < -0.3 is 5.11 Å². The topological polar surface area (TPSA) is 98.3 Å². The summed E-state index contributed by atoms with van der Waals surface area (Å²) >= 11 is 5.90. The second kappa shape index (κ2) is 4.85. The fourth-order valence-electron chi connectivity index (χ4n) is 2.60. The van der Waals surface area contributed by atoms with Crippen LogP contribution in [-0.4, -0.2) is 25.8 Å². The van der Waals surface area contributed by atoms with Crippen LogP contribution in [-0.2, 0) is 12.8 Å². The second-order valence-electron chi connectivity index (χ2n) is 4.74. The van der Waals surface area contributed by atoms with E-state index in [1.807, 2.05) is 0 Å². The van der Waals surface area contributed by atoms with Gasteiger partial charge in [-0.25, -0.2) is 9.48 Å². The molecule has 0 unspecified atom stereocenters. The first-order valence-electron chi connectivity index (χ1n) is 6.27. The maximum absolute atomic E-state index is 11.2. The molecule has 1 aliphatic carbocycles. The summed E-state index contributed by atoms with van der Waals surface area (Å²) in [5.74, 6) is -1.07. The molecule has 0 saturated carbocycles. The van der Waals surface area contributed by atoms with Crippen LogP contribution < -0.4 is 0 Å². The molecule has 0 bridgehead atoms. The molecule has 1 aliphatic rings. The van der Waals surface area contributed by atoms with E-state index < -0.39 is 10.9 Å². The lowest BCUT2D eigenvalue weighted by Crippen LogP contribution is -2.05. The van der Waals surface area contributed by atoms with Gasteiger partial charge in [-0.05, 0) is 31.4 Å². The van der Waals surface area contributed by atoms with Gasteiger partial charge in [0.05, 0.1) is 10.6 Å². The first kappa shape index (κ1) is 13.6. The average Bonchev–Trinajstić information content (AvgIpc) is 2.98. The van der Waals surface area contributed by atoms with Crippen LogP contribution in [0.3, 0.4) is 0 Å². The fourth-order valence-corrected chi connectivity index (χ4v) is 2.84. The van der Waals surface area contributed by atoms with Crippen molar-refractivity contribution >= 4 is 23.3 Å². The molecule has 2 aromatic rings. The van der Waals surface area contributed by atoms with E-state index in [1.54, 1.807) is 0 Å². The molecule has 0 radical (unpaired) electrons. The molecule has 7 nitrogen and oxygen atoms in total. The van der Waals surface area contributed by atoms with Gasteiger partial charge in [-0.1, -0.05) is 11.6 Å². The van der Waals surface area contributed by atoms with Crippen molar-refractivity contribution in [1.29, 1.82) is 0 Å². The molecule has 108 valence electrons. The highest BCUT2D eigenvalue weighted by Crippen LogP contribution is 2.31. The largest absolute Gasteiger partial charge is 0.476 e. The van der Waals surface area contributed by atoms with Gasteiger partial charge in [0.15, 0.2) is 5.69 Å². The standard InChI is InChI=1S/C13H10ClN3O4/c14-9-6-7(4-5-11(9)17(20)21)16-10-3-1-2-8(10)12(15-16)13(18)19/h4-6H,1-3H2,(H,18,19). The number of carboxylic acids is 1. The highest BCUT2D eigenvalue weighted by Gasteiger charge is 2.27. The summed E-state index contributed by atoms with van der Waals surface area (Å²) in [6, 6.07) is 4.24. The lowest BCUT2D eigenvalue weighted by atomic mass is 10.2. The first-order valence-corrected chi connectivity index (χ1v) is 6.65. The first-order chi connectivity index (χ1) is 9.99. The number of hydrogen-bond donors (Lipinski definition) is 1. The van der Waals surface area contributed by atoms with Crippen LogP contribution in [0.25, 0.3) is 5.69 Å². The molecule has 0 fully saturated rings. The van der Waals surface area contributed by atoms with E-state index in [0.717, 1.165) is 24.1 Å². The number of nitro benzene ring substituents is 1. The van der Waals surface area contributed by atoms with Crippen LogP contribution in [0.2, 0.25) is 5.02 Å². The third-order valence-corrected chi connectivity index (χ3v) is 3.81. The van der Waals surface area contributed by atoms with Gasteiger partial charge in [0.2, 0.25) is 0 Å². The number of hydrogen-bond acceptors (Lipinski definition) is 4. The predicted octanol–water partition coefficient (Wildman–Crippen LogP) is 2.62. The highest BCUT2D eigenvalue weighted by atomic mass is 35.5. The summed E-state index contributed by atoms with van der Waals surface area (Å²) in [5.41, 5.74) is 1.94. The summed E-state index contributed by atoms with van der Waals surface area (Å²) in [4.78, 5) is 21.4. The van der Waals surface area contributed by atoms with Crippen LogP contribution in [0.4, 0.5) is 5.69 Å². The normalized spacial score (nSPS) is 13.2. The highest BCUT2D eigenvalue weighted by molar-refractivity contribution is 6.32. The average molecular weight is 308 g/mol. The molecular formula is C13H10ClN3O4. The summed E-state index contributed by atoms with van der Waals surface area (Å²) < 4.78 is 1.52. The summed E-state index contributed by atoms with van der Waals surface area (Å²) in [6.45, 7) is 0. The number of fused-ring (bicyclic) bond motifs is 1. The molecule has 1 heterocycles. The Labute approximate surface area is 123 Å². The smallest absolute Gasteiger partial charge is 0.356 e. The Hall–Kier alpha value is -2.41. The number of nitrogens with zero attached hydrogens (tertiary/aromatic N) is 3. The molecule has 21 heavy (non-hydrogen) atoms. The maximum Gasteiger partial charge on any atom is 0.356 e. The van der Waals surface area contributed by atoms with Crippen LogP contribution in [0.15, 0.2) is 18.2 Å². The van der Waals surface area contributed by atoms with Crippen molar-refractivity contribution in [1.82, 2.24) is 9.78 Å². The Kier molecular flexibility index (Phi) is 3.13. The van der Waals surface area contributed by atoms with E-state index in [2.05, 4.69) is 5.10 Å². The number of rotatable bonds is 3. The zero-order valence-corrected chi connectivity index (χ0v) is 11.5. The van der Waals surface area contributed by atoms with Gasteiger partial charge in [0.1, 0.15) is 5.02 Å². The van der Waals surface area contributed by atoms with Crippen molar-refractivity contribution in [3.8, 4) is 5.69 Å². The van der Waals surface area contributed by atoms with E-state index >= 15 is 0 Å². The zero-order valence-electron chi connectivity index (χ0n) is 10.7. The van der Waals surface area contributed by atoms with E-state index in [9.17, 15) is 20.0 Å².